The Hall–Kier alpha value is -3.42. The van der Waals surface area contributed by atoms with E-state index in [0.717, 1.165) is 11.3 Å². The molecule has 2 heterocycles. The first-order valence-corrected chi connectivity index (χ1v) is 9.18. The third kappa shape index (κ3) is 3.66. The van der Waals surface area contributed by atoms with Crippen molar-refractivity contribution in [2.24, 2.45) is 5.16 Å². The fraction of sp³-hybridized carbons (Fsp3) is 0.300. The van der Waals surface area contributed by atoms with Crippen LogP contribution in [0.4, 0.5) is 11.4 Å². The van der Waals surface area contributed by atoms with E-state index < -0.39 is 4.92 Å². The minimum Gasteiger partial charge on any atom is -0.387 e. The van der Waals surface area contributed by atoms with E-state index in [0.29, 0.717) is 38.3 Å². The highest BCUT2D eigenvalue weighted by Crippen LogP contribution is 2.28. The van der Waals surface area contributed by atoms with Crippen molar-refractivity contribution in [1.29, 1.82) is 0 Å². The van der Waals surface area contributed by atoms with E-state index >= 15 is 0 Å². The molecule has 2 aromatic rings. The lowest BCUT2D eigenvalue weighted by molar-refractivity contribution is -0.384. The molecular weight excluding hydrogens is 360 g/mol. The van der Waals surface area contributed by atoms with Crippen LogP contribution in [0.5, 0.6) is 0 Å². The van der Waals surface area contributed by atoms with Crippen LogP contribution in [0, 0.1) is 10.1 Å². The van der Waals surface area contributed by atoms with E-state index in [4.69, 9.17) is 4.84 Å². The van der Waals surface area contributed by atoms with Gasteiger partial charge in [-0.1, -0.05) is 35.5 Å². The van der Waals surface area contributed by atoms with Gasteiger partial charge in [0, 0.05) is 50.4 Å². The van der Waals surface area contributed by atoms with Crippen molar-refractivity contribution < 1.29 is 14.6 Å². The maximum absolute atomic E-state index is 12.8. The molecule has 0 aromatic heterocycles. The SMILES string of the molecule is O=C(C1=NOC(c2ccccc2)C1)N1CCN(c2ccc([N+](=O)[O-])cc2)CC1. The quantitative estimate of drug-likeness (QED) is 0.601. The van der Waals surface area contributed by atoms with E-state index in [9.17, 15) is 14.9 Å². The monoisotopic (exact) mass is 380 g/mol. The Labute approximate surface area is 162 Å². The molecule has 144 valence electrons. The summed E-state index contributed by atoms with van der Waals surface area (Å²) in [5.41, 5.74) is 2.46. The van der Waals surface area contributed by atoms with Crippen LogP contribution in [0.1, 0.15) is 18.1 Å². The summed E-state index contributed by atoms with van der Waals surface area (Å²) in [6.07, 6.45) is 0.271. The van der Waals surface area contributed by atoms with Crippen LogP contribution in [0.3, 0.4) is 0 Å². The van der Waals surface area contributed by atoms with Gasteiger partial charge in [0.25, 0.3) is 11.6 Å². The molecule has 0 N–H and O–H groups in total. The molecule has 1 saturated heterocycles. The standard InChI is InChI=1S/C20H20N4O4/c25-20(18-14-19(28-21-18)15-4-2-1-3-5-15)23-12-10-22(11-13-23)16-6-8-17(9-7-16)24(26)27/h1-9,19H,10-14H2. The normalized spacial score (nSPS) is 19.1. The number of carbonyl (C=O) groups excluding carboxylic acids is 1. The van der Waals surface area contributed by atoms with E-state index in [1.807, 2.05) is 30.3 Å². The van der Waals surface area contributed by atoms with Gasteiger partial charge >= 0.3 is 0 Å². The number of piperazine rings is 1. The number of anilines is 1. The molecule has 0 bridgehead atoms. The summed E-state index contributed by atoms with van der Waals surface area (Å²) in [6.45, 7) is 2.48. The lowest BCUT2D eigenvalue weighted by Gasteiger charge is -2.35. The van der Waals surface area contributed by atoms with Gasteiger partial charge in [-0.2, -0.15) is 0 Å². The Kier molecular flexibility index (Phi) is 4.92. The topological polar surface area (TPSA) is 88.3 Å². The van der Waals surface area contributed by atoms with Crippen LogP contribution in [0.2, 0.25) is 0 Å². The van der Waals surface area contributed by atoms with Gasteiger partial charge in [-0.05, 0) is 17.7 Å². The molecule has 0 radical (unpaired) electrons. The summed E-state index contributed by atoms with van der Waals surface area (Å²) in [5.74, 6) is -0.0817. The van der Waals surface area contributed by atoms with Crippen molar-refractivity contribution in [1.82, 2.24) is 4.90 Å². The van der Waals surface area contributed by atoms with Gasteiger partial charge in [-0.25, -0.2) is 0 Å². The highest BCUT2D eigenvalue weighted by atomic mass is 16.6. The molecular formula is C20H20N4O4. The number of nitro groups is 1. The van der Waals surface area contributed by atoms with Gasteiger partial charge < -0.3 is 14.6 Å². The number of amides is 1. The maximum atomic E-state index is 12.8. The Morgan fingerprint density at radius 2 is 1.71 bits per heavy atom. The summed E-state index contributed by atoms with van der Waals surface area (Å²) in [7, 11) is 0. The van der Waals surface area contributed by atoms with Gasteiger partial charge in [-0.3, -0.25) is 14.9 Å². The number of hydrogen-bond donors (Lipinski definition) is 0. The highest BCUT2D eigenvalue weighted by Gasteiger charge is 2.31. The third-order valence-corrected chi connectivity index (χ3v) is 5.08. The lowest BCUT2D eigenvalue weighted by Crippen LogP contribution is -2.50. The number of nitro benzene ring substituents is 1. The molecule has 8 heteroatoms. The van der Waals surface area contributed by atoms with Crippen molar-refractivity contribution >= 4 is 23.0 Å². The number of non-ortho nitro benzene ring substituents is 1. The van der Waals surface area contributed by atoms with Gasteiger partial charge in [0.05, 0.1) is 4.92 Å². The number of carbonyl (C=O) groups is 1. The Morgan fingerprint density at radius 1 is 1.04 bits per heavy atom. The fourth-order valence-electron chi connectivity index (χ4n) is 3.49. The van der Waals surface area contributed by atoms with Gasteiger partial charge in [0.2, 0.25) is 0 Å². The summed E-state index contributed by atoms with van der Waals surface area (Å²) >= 11 is 0. The number of oxime groups is 1. The van der Waals surface area contributed by atoms with Crippen LogP contribution in [0.25, 0.3) is 0 Å². The molecule has 1 atom stereocenters. The second-order valence-corrected chi connectivity index (χ2v) is 6.80. The fourth-order valence-corrected chi connectivity index (χ4v) is 3.49. The average molecular weight is 380 g/mol. The molecule has 2 aliphatic rings. The molecule has 1 amide bonds. The Bertz CT molecular complexity index is 890. The molecule has 8 nitrogen and oxygen atoms in total. The number of hydrogen-bond acceptors (Lipinski definition) is 6. The van der Waals surface area contributed by atoms with Crippen molar-refractivity contribution in [2.45, 2.75) is 12.5 Å². The van der Waals surface area contributed by atoms with Crippen molar-refractivity contribution in [3.8, 4) is 0 Å². The molecule has 0 saturated carbocycles. The lowest BCUT2D eigenvalue weighted by atomic mass is 10.0. The summed E-state index contributed by atoms with van der Waals surface area (Å²) in [6, 6.07) is 16.3. The summed E-state index contributed by atoms with van der Waals surface area (Å²) in [4.78, 5) is 32.5. The summed E-state index contributed by atoms with van der Waals surface area (Å²) < 4.78 is 0. The molecule has 2 aliphatic heterocycles. The predicted molar refractivity (Wildman–Crippen MR) is 104 cm³/mol. The van der Waals surface area contributed by atoms with E-state index in [2.05, 4.69) is 10.1 Å². The van der Waals surface area contributed by atoms with E-state index in [1.165, 1.54) is 12.1 Å². The van der Waals surface area contributed by atoms with Gasteiger partial charge in [-0.15, -0.1) is 0 Å². The Morgan fingerprint density at radius 3 is 2.36 bits per heavy atom. The molecule has 1 fully saturated rings. The van der Waals surface area contributed by atoms with Crippen LogP contribution in [0.15, 0.2) is 59.8 Å². The first kappa shape index (κ1) is 18.0. The third-order valence-electron chi connectivity index (χ3n) is 5.08. The largest absolute Gasteiger partial charge is 0.387 e. The highest BCUT2D eigenvalue weighted by molar-refractivity contribution is 6.39. The van der Waals surface area contributed by atoms with Crippen molar-refractivity contribution in [2.75, 3.05) is 31.1 Å². The van der Waals surface area contributed by atoms with Crippen LogP contribution >= 0.6 is 0 Å². The molecule has 4 rings (SSSR count). The zero-order chi connectivity index (χ0) is 19.5. The summed E-state index contributed by atoms with van der Waals surface area (Å²) in [5, 5.41) is 14.8. The first-order chi connectivity index (χ1) is 13.6. The average Bonchev–Trinajstić information content (AvgIpc) is 3.24. The van der Waals surface area contributed by atoms with Gasteiger partial charge in [0.15, 0.2) is 6.10 Å². The van der Waals surface area contributed by atoms with Crippen LogP contribution in [-0.4, -0.2) is 47.6 Å². The first-order valence-electron chi connectivity index (χ1n) is 9.18. The molecule has 1 unspecified atom stereocenters. The molecule has 0 aliphatic carbocycles. The zero-order valence-electron chi connectivity index (χ0n) is 15.2. The minimum atomic E-state index is -0.409. The predicted octanol–water partition coefficient (Wildman–Crippen LogP) is 2.76. The Balaban J connectivity index is 1.32. The smallest absolute Gasteiger partial charge is 0.271 e. The van der Waals surface area contributed by atoms with Crippen LogP contribution < -0.4 is 4.90 Å². The number of rotatable bonds is 4. The van der Waals surface area contributed by atoms with E-state index in [1.54, 1.807) is 17.0 Å². The maximum Gasteiger partial charge on any atom is 0.271 e. The van der Waals surface area contributed by atoms with Crippen molar-refractivity contribution in [3.63, 3.8) is 0 Å². The number of nitrogens with zero attached hydrogens (tertiary/aromatic N) is 4. The van der Waals surface area contributed by atoms with Crippen molar-refractivity contribution in [3.05, 3.63) is 70.3 Å². The van der Waals surface area contributed by atoms with E-state index in [-0.39, 0.29) is 17.7 Å². The molecule has 28 heavy (non-hydrogen) atoms. The number of benzene rings is 2. The second kappa shape index (κ2) is 7.67. The second-order valence-electron chi connectivity index (χ2n) is 6.80. The van der Waals surface area contributed by atoms with Crippen LogP contribution in [-0.2, 0) is 9.63 Å². The molecule has 0 spiro atoms. The zero-order valence-corrected chi connectivity index (χ0v) is 15.2. The minimum absolute atomic E-state index is 0.0739. The van der Waals surface area contributed by atoms with Gasteiger partial charge in [0.1, 0.15) is 5.71 Å². The molecule has 2 aromatic carbocycles.